The molecule has 1 aliphatic heterocycles. The Hall–Kier alpha value is -3.43. The average Bonchev–Trinajstić information content (AvgIpc) is 3.45. The third-order valence-corrected chi connectivity index (χ3v) is 7.47. The maximum Gasteiger partial charge on any atom is 0.303 e. The van der Waals surface area contributed by atoms with Crippen LogP contribution >= 0.6 is 24.0 Å². The van der Waals surface area contributed by atoms with Crippen molar-refractivity contribution in [2.24, 2.45) is 0 Å². The Kier molecular flexibility index (Phi) is 9.73. The van der Waals surface area contributed by atoms with Crippen LogP contribution in [0.4, 0.5) is 0 Å². The number of para-hydroxylation sites is 1. The molecule has 1 saturated heterocycles. The number of hydrogen-bond donors (Lipinski definition) is 1. The van der Waals surface area contributed by atoms with Crippen LogP contribution in [0.15, 0.2) is 65.7 Å². The molecule has 1 N–H and O–H groups in total. The lowest BCUT2D eigenvalue weighted by Crippen LogP contribution is -2.29. The van der Waals surface area contributed by atoms with E-state index < -0.39 is 5.97 Å². The molecule has 0 spiro atoms. The van der Waals surface area contributed by atoms with Gasteiger partial charge < -0.3 is 9.84 Å². The van der Waals surface area contributed by atoms with Crippen molar-refractivity contribution in [3.63, 3.8) is 0 Å². The number of aromatic nitrogens is 2. The van der Waals surface area contributed by atoms with Crippen molar-refractivity contribution in [2.75, 3.05) is 13.2 Å². The summed E-state index contributed by atoms with van der Waals surface area (Å²) in [5, 5.41) is 13.7. The molecule has 9 heteroatoms. The molecule has 1 aromatic heterocycles. The van der Waals surface area contributed by atoms with Gasteiger partial charge in [0, 0.05) is 30.3 Å². The number of carboxylic acid groups (broad SMARTS) is 1. The fraction of sp³-hybridized carbons (Fsp3) is 0.310. The predicted octanol–water partition coefficient (Wildman–Crippen LogP) is 6.56. The molecule has 1 fully saturated rings. The number of unbranched alkanes of at least 4 members (excludes halogenated alkanes) is 3. The van der Waals surface area contributed by atoms with Crippen LogP contribution in [0.25, 0.3) is 23.0 Å². The highest BCUT2D eigenvalue weighted by atomic mass is 32.2. The molecule has 0 aliphatic carbocycles. The summed E-state index contributed by atoms with van der Waals surface area (Å²) >= 11 is 6.78. The third kappa shape index (κ3) is 7.11. The maximum absolute atomic E-state index is 13.2. The number of aliphatic carboxylic acids is 1. The highest BCUT2D eigenvalue weighted by Crippen LogP contribution is 2.35. The zero-order chi connectivity index (χ0) is 26.9. The molecule has 0 unspecified atom stereocenters. The number of carbonyl (C=O) groups is 2. The van der Waals surface area contributed by atoms with Gasteiger partial charge in [-0.2, -0.15) is 5.10 Å². The third-order valence-electron chi connectivity index (χ3n) is 6.09. The maximum atomic E-state index is 13.2. The molecule has 4 rings (SSSR count). The van der Waals surface area contributed by atoms with Crippen molar-refractivity contribution in [3.8, 4) is 22.7 Å². The molecular formula is C29H31N3O4S2. The number of amides is 1. The van der Waals surface area contributed by atoms with Crippen LogP contribution in [-0.2, 0) is 9.59 Å². The lowest BCUT2D eigenvalue weighted by molar-refractivity contribution is -0.137. The molecule has 2 heterocycles. The van der Waals surface area contributed by atoms with E-state index in [2.05, 4.69) is 6.92 Å². The van der Waals surface area contributed by atoms with Crippen LogP contribution in [0.2, 0.25) is 0 Å². The Morgan fingerprint density at radius 2 is 1.84 bits per heavy atom. The molecule has 198 valence electrons. The van der Waals surface area contributed by atoms with Crippen LogP contribution in [0.3, 0.4) is 0 Å². The SMILES string of the molecule is CCCCOc1ccc(-c2nn(-c3ccccc3)cc2C=C2SC(=S)N(CCCCCC(=O)O)C2=O)cc1. The van der Waals surface area contributed by atoms with E-state index in [-0.39, 0.29) is 12.3 Å². The number of carboxylic acids is 1. The largest absolute Gasteiger partial charge is 0.494 e. The Bertz CT molecular complexity index is 1300. The van der Waals surface area contributed by atoms with E-state index in [1.54, 1.807) is 4.90 Å². The Morgan fingerprint density at radius 1 is 1.08 bits per heavy atom. The molecule has 38 heavy (non-hydrogen) atoms. The first kappa shape index (κ1) is 27.6. The van der Waals surface area contributed by atoms with Crippen molar-refractivity contribution >= 4 is 46.3 Å². The summed E-state index contributed by atoms with van der Waals surface area (Å²) in [6.45, 7) is 3.30. The molecule has 1 aliphatic rings. The normalized spacial score (nSPS) is 14.4. The van der Waals surface area contributed by atoms with Gasteiger partial charge in [-0.25, -0.2) is 4.68 Å². The monoisotopic (exact) mass is 549 g/mol. The van der Waals surface area contributed by atoms with Crippen LogP contribution < -0.4 is 4.74 Å². The van der Waals surface area contributed by atoms with Gasteiger partial charge in [0.25, 0.3) is 5.91 Å². The molecular weight excluding hydrogens is 518 g/mol. The summed E-state index contributed by atoms with van der Waals surface area (Å²) < 4.78 is 8.15. The number of ether oxygens (including phenoxy) is 1. The van der Waals surface area contributed by atoms with Crippen molar-refractivity contribution in [1.82, 2.24) is 14.7 Å². The Labute approximate surface area is 232 Å². The van der Waals surface area contributed by atoms with Gasteiger partial charge in [0.2, 0.25) is 0 Å². The van der Waals surface area contributed by atoms with Gasteiger partial charge in [0.1, 0.15) is 10.1 Å². The highest BCUT2D eigenvalue weighted by molar-refractivity contribution is 8.26. The molecule has 0 saturated carbocycles. The van der Waals surface area contributed by atoms with E-state index in [0.717, 1.165) is 47.5 Å². The second-order valence-electron chi connectivity index (χ2n) is 8.98. The van der Waals surface area contributed by atoms with E-state index in [1.807, 2.05) is 71.6 Å². The summed E-state index contributed by atoms with van der Waals surface area (Å²) in [5.41, 5.74) is 3.41. The first-order valence-electron chi connectivity index (χ1n) is 12.8. The van der Waals surface area contributed by atoms with Gasteiger partial charge in [0.05, 0.1) is 22.9 Å². The summed E-state index contributed by atoms with van der Waals surface area (Å²) in [7, 11) is 0. The minimum Gasteiger partial charge on any atom is -0.494 e. The average molecular weight is 550 g/mol. The highest BCUT2D eigenvalue weighted by Gasteiger charge is 2.32. The second kappa shape index (κ2) is 13.4. The lowest BCUT2D eigenvalue weighted by atomic mass is 10.1. The molecule has 0 bridgehead atoms. The molecule has 0 radical (unpaired) electrons. The van der Waals surface area contributed by atoms with Gasteiger partial charge >= 0.3 is 5.97 Å². The number of thioether (sulfide) groups is 1. The number of rotatable bonds is 13. The number of hydrogen-bond acceptors (Lipinski definition) is 6. The van der Waals surface area contributed by atoms with Crippen LogP contribution in [0.5, 0.6) is 5.75 Å². The van der Waals surface area contributed by atoms with Gasteiger partial charge in [-0.15, -0.1) is 0 Å². The first-order chi connectivity index (χ1) is 18.5. The molecule has 1 amide bonds. The predicted molar refractivity (Wildman–Crippen MR) is 155 cm³/mol. The van der Waals surface area contributed by atoms with E-state index in [1.165, 1.54) is 11.8 Å². The minimum atomic E-state index is -0.802. The van der Waals surface area contributed by atoms with Gasteiger partial charge in [-0.05, 0) is 61.7 Å². The van der Waals surface area contributed by atoms with Crippen molar-refractivity contribution < 1.29 is 19.4 Å². The zero-order valence-corrected chi connectivity index (χ0v) is 23.0. The van der Waals surface area contributed by atoms with Crippen LogP contribution in [0.1, 0.15) is 51.0 Å². The van der Waals surface area contributed by atoms with Gasteiger partial charge in [0.15, 0.2) is 0 Å². The molecule has 2 aromatic carbocycles. The van der Waals surface area contributed by atoms with E-state index in [4.69, 9.17) is 27.2 Å². The topological polar surface area (TPSA) is 84.7 Å². The minimum absolute atomic E-state index is 0.128. The second-order valence-corrected chi connectivity index (χ2v) is 10.7. The fourth-order valence-corrected chi connectivity index (χ4v) is 5.33. The summed E-state index contributed by atoms with van der Waals surface area (Å²) in [6, 6.07) is 17.7. The summed E-state index contributed by atoms with van der Waals surface area (Å²) in [5.74, 6) is -0.115. The van der Waals surface area contributed by atoms with Crippen LogP contribution in [-0.4, -0.2) is 49.1 Å². The van der Waals surface area contributed by atoms with E-state index in [9.17, 15) is 9.59 Å². The van der Waals surface area contributed by atoms with Gasteiger partial charge in [-0.3, -0.25) is 14.5 Å². The standard InChI is InChI=1S/C29H31N3O4S2/c1-2-3-18-36-24-15-13-21(14-16-24)27-22(20-32(30-27)23-10-6-4-7-11-23)19-25-28(35)31(29(37)38-25)17-9-5-8-12-26(33)34/h4,6-7,10-11,13-16,19-20H,2-3,5,8-9,12,17-18H2,1H3,(H,33,34). The Morgan fingerprint density at radius 3 is 2.55 bits per heavy atom. The molecule has 3 aromatic rings. The quantitative estimate of drug-likeness (QED) is 0.147. The van der Waals surface area contributed by atoms with Crippen molar-refractivity contribution in [3.05, 3.63) is 71.3 Å². The van der Waals surface area contributed by atoms with Crippen molar-refractivity contribution in [2.45, 2.75) is 45.4 Å². The number of carbonyl (C=O) groups excluding carboxylic acids is 1. The molecule has 0 atom stereocenters. The lowest BCUT2D eigenvalue weighted by Gasteiger charge is -2.13. The first-order valence-corrected chi connectivity index (χ1v) is 14.0. The zero-order valence-electron chi connectivity index (χ0n) is 21.3. The van der Waals surface area contributed by atoms with Crippen molar-refractivity contribution in [1.29, 1.82) is 0 Å². The number of thiocarbonyl (C=S) groups is 1. The fourth-order valence-electron chi connectivity index (χ4n) is 4.03. The number of nitrogens with zero attached hydrogens (tertiary/aromatic N) is 3. The summed E-state index contributed by atoms with van der Waals surface area (Å²) in [6.07, 6.45) is 8.03. The van der Waals surface area contributed by atoms with E-state index in [0.29, 0.717) is 35.2 Å². The summed E-state index contributed by atoms with van der Waals surface area (Å²) in [4.78, 5) is 26.1. The Balaban J connectivity index is 1.57. The van der Waals surface area contributed by atoms with Gasteiger partial charge in [-0.1, -0.05) is 61.9 Å². The number of benzene rings is 2. The smallest absolute Gasteiger partial charge is 0.303 e. The molecule has 7 nitrogen and oxygen atoms in total. The van der Waals surface area contributed by atoms with E-state index >= 15 is 0 Å². The van der Waals surface area contributed by atoms with Crippen LogP contribution in [0, 0.1) is 0 Å².